The molecule has 0 radical (unpaired) electrons. The molecule has 2 rings (SSSR count). The number of thiophene rings is 1. The number of rotatable bonds is 2. The zero-order chi connectivity index (χ0) is 8.55. The molecule has 12 heavy (non-hydrogen) atoms. The molecule has 0 saturated carbocycles. The minimum atomic E-state index is -0.927. The lowest BCUT2D eigenvalue weighted by atomic mass is 10.4. The van der Waals surface area contributed by atoms with Gasteiger partial charge in [0.15, 0.2) is 10.4 Å². The number of aromatic nitrogens is 1. The molecule has 0 saturated heterocycles. The van der Waals surface area contributed by atoms with Gasteiger partial charge in [-0.1, -0.05) is 0 Å². The van der Waals surface area contributed by atoms with E-state index in [-0.39, 0.29) is 12.3 Å². The molecule has 0 aliphatic heterocycles. The molecule has 0 bridgehead atoms. The molecule has 4 nitrogen and oxygen atoms in total. The first-order chi connectivity index (χ1) is 5.75. The molecule has 0 aliphatic rings. The molecule has 0 spiro atoms. The molecule has 0 aromatic carbocycles. The van der Waals surface area contributed by atoms with Crippen molar-refractivity contribution in [2.24, 2.45) is 0 Å². The van der Waals surface area contributed by atoms with E-state index in [0.717, 1.165) is 4.83 Å². The zero-order valence-electron chi connectivity index (χ0n) is 5.98. The maximum Gasteiger partial charge on any atom is 0.312 e. The lowest BCUT2D eigenvalue weighted by molar-refractivity contribution is -0.136. The summed E-state index contributed by atoms with van der Waals surface area (Å²) in [6.45, 7) is 0. The Balaban J connectivity index is 2.38. The van der Waals surface area contributed by atoms with Crippen LogP contribution in [0.25, 0.3) is 10.4 Å². The maximum absolute atomic E-state index is 10.3. The smallest absolute Gasteiger partial charge is 0.312 e. The van der Waals surface area contributed by atoms with Crippen LogP contribution in [0, 0.1) is 0 Å². The lowest BCUT2D eigenvalue weighted by Crippen LogP contribution is -1.99. The van der Waals surface area contributed by atoms with E-state index in [1.54, 1.807) is 6.07 Å². The summed E-state index contributed by atoms with van der Waals surface area (Å²) in [7, 11) is 0. The van der Waals surface area contributed by atoms with Gasteiger partial charge in [-0.3, -0.25) is 4.79 Å². The fraction of sp³-hybridized carbons (Fsp3) is 0.143. The van der Waals surface area contributed by atoms with Crippen molar-refractivity contribution in [3.8, 4) is 0 Å². The number of fused-ring (bicyclic) bond motifs is 1. The Morgan fingerprint density at radius 2 is 2.58 bits per heavy atom. The first kappa shape index (κ1) is 7.30. The predicted octanol–water partition coefficient (Wildman–Crippen LogP) is 1.52. The van der Waals surface area contributed by atoms with E-state index in [9.17, 15) is 4.79 Å². The van der Waals surface area contributed by atoms with E-state index in [2.05, 4.69) is 4.98 Å². The van der Waals surface area contributed by atoms with E-state index in [0.29, 0.717) is 5.58 Å². The largest absolute Gasteiger partial charge is 0.481 e. The van der Waals surface area contributed by atoms with Crippen LogP contribution in [0.4, 0.5) is 0 Å². The zero-order valence-corrected chi connectivity index (χ0v) is 6.80. The molecular weight excluding hydrogens is 178 g/mol. The van der Waals surface area contributed by atoms with Crippen LogP contribution in [0.2, 0.25) is 0 Å². The topological polar surface area (TPSA) is 63.3 Å². The Morgan fingerprint density at radius 3 is 3.25 bits per heavy atom. The minimum absolute atomic E-state index is 0.151. The number of oxazole rings is 1. The van der Waals surface area contributed by atoms with Crippen molar-refractivity contribution >= 4 is 27.7 Å². The van der Waals surface area contributed by atoms with Crippen LogP contribution in [-0.2, 0) is 11.2 Å². The SMILES string of the molecule is O=C(O)Cc1nc2sccc2o1. The van der Waals surface area contributed by atoms with E-state index in [1.165, 1.54) is 11.3 Å². The highest BCUT2D eigenvalue weighted by Crippen LogP contribution is 2.20. The van der Waals surface area contributed by atoms with Gasteiger partial charge in [0, 0.05) is 0 Å². The van der Waals surface area contributed by atoms with Gasteiger partial charge >= 0.3 is 5.97 Å². The first-order valence-corrected chi connectivity index (χ1v) is 4.18. The van der Waals surface area contributed by atoms with Crippen molar-refractivity contribution in [1.82, 2.24) is 4.98 Å². The highest BCUT2D eigenvalue weighted by atomic mass is 32.1. The van der Waals surface area contributed by atoms with Gasteiger partial charge in [0.2, 0.25) is 5.89 Å². The normalized spacial score (nSPS) is 10.7. The molecule has 0 aliphatic carbocycles. The average molecular weight is 183 g/mol. The Labute approximate surface area is 71.5 Å². The fourth-order valence-corrected chi connectivity index (χ4v) is 1.62. The van der Waals surface area contributed by atoms with Gasteiger partial charge in [-0.25, -0.2) is 4.98 Å². The van der Waals surface area contributed by atoms with Gasteiger partial charge in [0.25, 0.3) is 0 Å². The third-order valence-corrected chi connectivity index (χ3v) is 2.15. The summed E-state index contributed by atoms with van der Waals surface area (Å²) in [6.07, 6.45) is -0.151. The minimum Gasteiger partial charge on any atom is -0.481 e. The second-order valence-electron chi connectivity index (χ2n) is 2.27. The standard InChI is InChI=1S/C7H5NO3S/c9-6(10)3-5-8-7-4(11-5)1-2-12-7/h1-2H,3H2,(H,9,10). The summed E-state index contributed by atoms with van der Waals surface area (Å²) in [5, 5.41) is 10.3. The van der Waals surface area contributed by atoms with Crippen LogP contribution in [0.5, 0.6) is 0 Å². The average Bonchev–Trinajstić information content (AvgIpc) is 2.43. The summed E-state index contributed by atoms with van der Waals surface area (Å²) < 4.78 is 5.14. The summed E-state index contributed by atoms with van der Waals surface area (Å²) in [4.78, 5) is 15.0. The van der Waals surface area contributed by atoms with Crippen LogP contribution in [0.3, 0.4) is 0 Å². The monoisotopic (exact) mass is 183 g/mol. The Morgan fingerprint density at radius 1 is 1.75 bits per heavy atom. The van der Waals surface area contributed by atoms with Crippen LogP contribution >= 0.6 is 11.3 Å². The van der Waals surface area contributed by atoms with Gasteiger partial charge < -0.3 is 9.52 Å². The molecule has 62 valence electrons. The summed E-state index contributed by atoms with van der Waals surface area (Å²) in [5.74, 6) is -0.659. The van der Waals surface area contributed by atoms with Crippen LogP contribution in [0.1, 0.15) is 5.89 Å². The number of hydrogen-bond donors (Lipinski definition) is 1. The van der Waals surface area contributed by atoms with E-state index >= 15 is 0 Å². The molecule has 2 aromatic rings. The van der Waals surface area contributed by atoms with Gasteiger partial charge in [-0.05, 0) is 11.4 Å². The maximum atomic E-state index is 10.3. The predicted molar refractivity (Wildman–Crippen MR) is 43.2 cm³/mol. The Kier molecular flexibility index (Phi) is 1.58. The fourth-order valence-electron chi connectivity index (χ4n) is 0.917. The molecule has 1 N–H and O–H groups in total. The Bertz CT molecular complexity index is 388. The van der Waals surface area contributed by atoms with Gasteiger partial charge in [-0.2, -0.15) is 0 Å². The van der Waals surface area contributed by atoms with Crippen molar-refractivity contribution in [2.45, 2.75) is 6.42 Å². The molecule has 2 aromatic heterocycles. The summed E-state index contributed by atoms with van der Waals surface area (Å²) in [5.41, 5.74) is 0.663. The van der Waals surface area contributed by atoms with Crippen LogP contribution in [0.15, 0.2) is 15.9 Å². The molecule has 5 heteroatoms. The number of nitrogens with zero attached hydrogens (tertiary/aromatic N) is 1. The van der Waals surface area contributed by atoms with E-state index in [4.69, 9.17) is 9.52 Å². The van der Waals surface area contributed by atoms with Crippen molar-refractivity contribution in [2.75, 3.05) is 0 Å². The molecular formula is C7H5NO3S. The van der Waals surface area contributed by atoms with Gasteiger partial charge in [0.1, 0.15) is 6.42 Å². The third-order valence-electron chi connectivity index (χ3n) is 1.37. The molecule has 0 unspecified atom stereocenters. The summed E-state index contributed by atoms with van der Waals surface area (Å²) in [6, 6.07) is 1.78. The van der Waals surface area contributed by atoms with Crippen molar-refractivity contribution in [3.05, 3.63) is 17.3 Å². The first-order valence-electron chi connectivity index (χ1n) is 3.30. The summed E-state index contributed by atoms with van der Waals surface area (Å²) >= 11 is 1.44. The van der Waals surface area contributed by atoms with Gasteiger partial charge in [-0.15, -0.1) is 11.3 Å². The Hall–Kier alpha value is -1.36. The number of aliphatic carboxylic acids is 1. The highest BCUT2D eigenvalue weighted by molar-refractivity contribution is 7.16. The van der Waals surface area contributed by atoms with Crippen molar-refractivity contribution in [3.63, 3.8) is 0 Å². The number of carbonyl (C=O) groups is 1. The second kappa shape index (κ2) is 2.60. The third kappa shape index (κ3) is 1.18. The number of hydrogen-bond acceptors (Lipinski definition) is 4. The molecule has 0 fully saturated rings. The highest BCUT2D eigenvalue weighted by Gasteiger charge is 2.09. The van der Waals surface area contributed by atoms with Gasteiger partial charge in [0.05, 0.1) is 0 Å². The van der Waals surface area contributed by atoms with E-state index in [1.807, 2.05) is 5.38 Å². The quantitative estimate of drug-likeness (QED) is 0.766. The number of carboxylic acids is 1. The number of carboxylic acid groups (broad SMARTS) is 1. The molecule has 2 heterocycles. The van der Waals surface area contributed by atoms with Crippen molar-refractivity contribution < 1.29 is 14.3 Å². The molecule has 0 amide bonds. The van der Waals surface area contributed by atoms with Crippen LogP contribution < -0.4 is 0 Å². The second-order valence-corrected chi connectivity index (χ2v) is 3.16. The van der Waals surface area contributed by atoms with E-state index < -0.39 is 5.97 Å². The lowest BCUT2D eigenvalue weighted by Gasteiger charge is -1.84. The van der Waals surface area contributed by atoms with Crippen molar-refractivity contribution in [1.29, 1.82) is 0 Å². The molecule has 0 atom stereocenters. The van der Waals surface area contributed by atoms with Crippen LogP contribution in [-0.4, -0.2) is 16.1 Å².